The highest BCUT2D eigenvalue weighted by molar-refractivity contribution is 5.78. The van der Waals surface area contributed by atoms with Crippen molar-refractivity contribution in [2.45, 2.75) is 12.0 Å². The first-order chi connectivity index (χ1) is 15.6. The Bertz CT molecular complexity index is 1290. The Balaban J connectivity index is 1.56. The van der Waals surface area contributed by atoms with Gasteiger partial charge in [-0.2, -0.15) is 4.39 Å². The highest BCUT2D eigenvalue weighted by Gasteiger charge is 2.48. The normalized spacial score (nSPS) is 21.2. The van der Waals surface area contributed by atoms with Crippen molar-refractivity contribution < 1.29 is 18.6 Å². The molecule has 0 fully saturated rings. The first kappa shape index (κ1) is 18.9. The van der Waals surface area contributed by atoms with Crippen LogP contribution in [0.15, 0.2) is 59.9 Å². The van der Waals surface area contributed by atoms with Crippen molar-refractivity contribution in [3.63, 3.8) is 0 Å². The Morgan fingerprint density at radius 2 is 2.03 bits per heavy atom. The molecule has 6 rings (SSSR count). The summed E-state index contributed by atoms with van der Waals surface area (Å²) in [4.78, 5) is 13.0. The number of hydrogen-bond acceptors (Lipinski definition) is 7. The van der Waals surface area contributed by atoms with Gasteiger partial charge in [0.25, 0.3) is 12.0 Å². The number of hydrogen-bond donors (Lipinski definition) is 1. The largest absolute Gasteiger partial charge is 0.462 e. The number of aromatic nitrogens is 2. The lowest BCUT2D eigenvalue weighted by Gasteiger charge is -2.34. The van der Waals surface area contributed by atoms with Crippen LogP contribution >= 0.6 is 0 Å². The molecular formula is C24H19FN4O3. The summed E-state index contributed by atoms with van der Waals surface area (Å²) in [6.07, 6.45) is 6.28. The summed E-state index contributed by atoms with van der Waals surface area (Å²) in [6, 6.07) is 11.4. The van der Waals surface area contributed by atoms with E-state index in [1.54, 1.807) is 18.5 Å². The number of halogens is 1. The standard InChI is InChI=1S/C24H19FN4O3/c25-22-21-18(10-19(28-22)16-4-2-8-30-12-16)24(13-31-23(26)29-24)17-9-14(5-6-20(17)32-21)15-3-1-7-27-11-15/h1,3-7,9-11H,2,8,12-13H2,(H2,26,29)/t24-/m0/s1. The van der Waals surface area contributed by atoms with Crippen LogP contribution < -0.4 is 10.5 Å². The van der Waals surface area contributed by atoms with E-state index >= 15 is 4.39 Å². The van der Waals surface area contributed by atoms with Crippen molar-refractivity contribution in [2.24, 2.45) is 10.7 Å². The van der Waals surface area contributed by atoms with Crippen LogP contribution in [0.4, 0.5) is 4.39 Å². The third-order valence-corrected chi connectivity index (χ3v) is 5.98. The number of fused-ring (bicyclic) bond motifs is 4. The molecule has 1 spiro atoms. The van der Waals surface area contributed by atoms with E-state index in [2.05, 4.69) is 15.0 Å². The Labute approximate surface area is 183 Å². The third-order valence-electron chi connectivity index (χ3n) is 5.98. The van der Waals surface area contributed by atoms with Crippen molar-refractivity contribution >= 4 is 11.6 Å². The summed E-state index contributed by atoms with van der Waals surface area (Å²) in [6.45, 7) is 1.16. The Hall–Kier alpha value is -3.78. The maximum absolute atomic E-state index is 15.2. The molecule has 0 bridgehead atoms. The second-order valence-corrected chi connectivity index (χ2v) is 7.90. The zero-order chi connectivity index (χ0) is 21.7. The van der Waals surface area contributed by atoms with Gasteiger partial charge in [-0.25, -0.2) is 9.98 Å². The predicted molar refractivity (Wildman–Crippen MR) is 116 cm³/mol. The van der Waals surface area contributed by atoms with E-state index in [-0.39, 0.29) is 18.4 Å². The molecule has 5 heterocycles. The summed E-state index contributed by atoms with van der Waals surface area (Å²) >= 11 is 0. The van der Waals surface area contributed by atoms with Crippen LogP contribution in [0.25, 0.3) is 16.7 Å². The lowest BCUT2D eigenvalue weighted by atomic mass is 9.80. The molecule has 0 aliphatic carbocycles. The van der Waals surface area contributed by atoms with Gasteiger partial charge in [0.2, 0.25) is 0 Å². The van der Waals surface area contributed by atoms with Crippen molar-refractivity contribution in [3.05, 3.63) is 77.6 Å². The van der Waals surface area contributed by atoms with Crippen molar-refractivity contribution in [3.8, 4) is 22.6 Å². The molecule has 3 aliphatic heterocycles. The van der Waals surface area contributed by atoms with E-state index < -0.39 is 11.5 Å². The third kappa shape index (κ3) is 2.87. The Morgan fingerprint density at radius 3 is 2.78 bits per heavy atom. The van der Waals surface area contributed by atoms with Crippen LogP contribution in [0.3, 0.4) is 0 Å². The van der Waals surface area contributed by atoms with Crippen LogP contribution in [0.1, 0.15) is 23.2 Å². The average molecular weight is 430 g/mol. The predicted octanol–water partition coefficient (Wildman–Crippen LogP) is 3.78. The highest BCUT2D eigenvalue weighted by atomic mass is 19.1. The average Bonchev–Trinajstić information content (AvgIpc) is 3.23. The molecule has 1 aromatic carbocycles. The lowest BCUT2D eigenvalue weighted by Crippen LogP contribution is -2.32. The van der Waals surface area contributed by atoms with Crippen LogP contribution in [0.2, 0.25) is 0 Å². The van der Waals surface area contributed by atoms with Crippen LogP contribution in [-0.4, -0.2) is 35.8 Å². The van der Waals surface area contributed by atoms with Gasteiger partial charge in [-0.05, 0) is 41.8 Å². The Morgan fingerprint density at radius 1 is 1.09 bits per heavy atom. The number of rotatable bonds is 2. The molecule has 7 nitrogen and oxygen atoms in total. The molecule has 2 aromatic heterocycles. The number of amidine groups is 1. The van der Waals surface area contributed by atoms with E-state index in [0.717, 1.165) is 28.7 Å². The number of pyridine rings is 2. The van der Waals surface area contributed by atoms with Gasteiger partial charge in [-0.15, -0.1) is 0 Å². The van der Waals surface area contributed by atoms with E-state index in [1.165, 1.54) is 0 Å². The topological polar surface area (TPSA) is 91.9 Å². The summed E-state index contributed by atoms with van der Waals surface area (Å²) in [5.41, 5.74) is 9.40. The van der Waals surface area contributed by atoms with E-state index in [4.69, 9.17) is 19.9 Å². The van der Waals surface area contributed by atoms with Crippen LogP contribution in [-0.2, 0) is 15.0 Å². The highest BCUT2D eigenvalue weighted by Crippen LogP contribution is 2.52. The minimum Gasteiger partial charge on any atom is -0.462 e. The summed E-state index contributed by atoms with van der Waals surface area (Å²) in [5.74, 6) is -0.179. The minimum absolute atomic E-state index is 0.0368. The molecule has 8 heteroatoms. The smallest absolute Gasteiger partial charge is 0.283 e. The van der Waals surface area contributed by atoms with Crippen molar-refractivity contribution in [1.82, 2.24) is 9.97 Å². The number of aliphatic imine (C=N–C) groups is 1. The zero-order valence-electron chi connectivity index (χ0n) is 17.0. The number of nitrogens with two attached hydrogens (primary N) is 1. The number of nitrogens with zero attached hydrogens (tertiary/aromatic N) is 3. The molecule has 0 saturated carbocycles. The zero-order valence-corrected chi connectivity index (χ0v) is 17.0. The monoisotopic (exact) mass is 430 g/mol. The van der Waals surface area contributed by atoms with Crippen LogP contribution in [0.5, 0.6) is 11.5 Å². The van der Waals surface area contributed by atoms with Crippen molar-refractivity contribution in [1.29, 1.82) is 0 Å². The fourth-order valence-electron chi connectivity index (χ4n) is 4.42. The molecule has 3 aliphatic rings. The maximum atomic E-state index is 15.2. The first-order valence-corrected chi connectivity index (χ1v) is 10.3. The molecule has 160 valence electrons. The van der Waals surface area contributed by atoms with E-state index in [0.29, 0.717) is 30.2 Å². The summed E-state index contributed by atoms with van der Waals surface area (Å²) in [5, 5.41) is 0. The summed E-state index contributed by atoms with van der Waals surface area (Å²) in [7, 11) is 0. The van der Waals surface area contributed by atoms with Gasteiger partial charge in [-0.3, -0.25) is 4.98 Å². The second kappa shape index (κ2) is 7.13. The molecule has 0 amide bonds. The van der Waals surface area contributed by atoms with E-state index in [1.807, 2.05) is 36.4 Å². The molecule has 0 unspecified atom stereocenters. The first-order valence-electron chi connectivity index (χ1n) is 10.3. The SMILES string of the molecule is NC1=N[C@@]2(CO1)c1cc(-c3cccnc3)ccc1Oc1c2cc(C2=CCCOC2)nc1F. The molecule has 32 heavy (non-hydrogen) atoms. The minimum atomic E-state index is -1.04. The second-order valence-electron chi connectivity index (χ2n) is 7.90. The number of ether oxygens (including phenoxy) is 3. The van der Waals surface area contributed by atoms with Gasteiger partial charge in [0.15, 0.2) is 11.3 Å². The van der Waals surface area contributed by atoms with Crippen LogP contribution in [0, 0.1) is 5.95 Å². The van der Waals surface area contributed by atoms with Gasteiger partial charge in [-0.1, -0.05) is 18.2 Å². The molecular weight excluding hydrogens is 411 g/mol. The van der Waals surface area contributed by atoms with E-state index in [9.17, 15) is 0 Å². The molecule has 3 aromatic rings. The summed E-state index contributed by atoms with van der Waals surface area (Å²) < 4.78 is 32.4. The molecule has 0 saturated heterocycles. The molecule has 2 N–H and O–H groups in total. The quantitative estimate of drug-likeness (QED) is 0.622. The molecule has 1 atom stereocenters. The molecule has 0 radical (unpaired) electrons. The number of benzene rings is 1. The van der Waals surface area contributed by atoms with Gasteiger partial charge >= 0.3 is 0 Å². The lowest BCUT2D eigenvalue weighted by molar-refractivity contribution is 0.164. The fraction of sp³-hybridized carbons (Fsp3) is 0.208. The Kier molecular flexibility index (Phi) is 4.22. The van der Waals surface area contributed by atoms with Gasteiger partial charge in [0, 0.05) is 29.1 Å². The van der Waals surface area contributed by atoms with Gasteiger partial charge < -0.3 is 19.9 Å². The van der Waals surface area contributed by atoms with Crippen molar-refractivity contribution in [2.75, 3.05) is 19.8 Å². The fourth-order valence-corrected chi connectivity index (χ4v) is 4.42. The van der Waals surface area contributed by atoms with Gasteiger partial charge in [0.05, 0.1) is 18.9 Å². The van der Waals surface area contributed by atoms with Gasteiger partial charge in [0.1, 0.15) is 12.4 Å². The maximum Gasteiger partial charge on any atom is 0.283 e.